The van der Waals surface area contributed by atoms with Crippen LogP contribution in [0.4, 0.5) is 5.88 Å². The van der Waals surface area contributed by atoms with Crippen molar-refractivity contribution < 1.29 is 13.9 Å². The predicted molar refractivity (Wildman–Crippen MR) is 58.0 cm³/mol. The lowest BCUT2D eigenvalue weighted by Crippen LogP contribution is -2.08. The maximum Gasteiger partial charge on any atom is 0.362 e. The molecule has 1 fully saturated rings. The topological polar surface area (TPSA) is 78.3 Å². The highest BCUT2D eigenvalue weighted by Crippen LogP contribution is 2.42. The van der Waals surface area contributed by atoms with Gasteiger partial charge in [-0.3, -0.25) is 0 Å². The molecule has 0 amide bonds. The number of nitrogens with zero attached hydrogens (tertiary/aromatic N) is 1. The first-order valence-electron chi connectivity index (χ1n) is 5.56. The number of nitrogen functional groups attached to an aromatic ring is 1. The van der Waals surface area contributed by atoms with Crippen LogP contribution in [0.15, 0.2) is 4.42 Å². The van der Waals surface area contributed by atoms with Gasteiger partial charge in [0.15, 0.2) is 0 Å². The Bertz CT molecular complexity index is 396. The Labute approximate surface area is 94.0 Å². The van der Waals surface area contributed by atoms with Gasteiger partial charge in [-0.15, -0.1) is 0 Å². The van der Waals surface area contributed by atoms with Crippen LogP contribution in [0.2, 0.25) is 0 Å². The summed E-state index contributed by atoms with van der Waals surface area (Å²) in [5.74, 6) is 0.931. The molecule has 1 aliphatic rings. The zero-order valence-electron chi connectivity index (χ0n) is 9.53. The maximum absolute atomic E-state index is 11.5. The van der Waals surface area contributed by atoms with Crippen molar-refractivity contribution in [2.24, 2.45) is 5.92 Å². The van der Waals surface area contributed by atoms with Crippen LogP contribution in [0.5, 0.6) is 0 Å². The van der Waals surface area contributed by atoms with Gasteiger partial charge in [0.25, 0.3) is 0 Å². The average Bonchev–Trinajstić information content (AvgIpc) is 3.01. The quantitative estimate of drug-likeness (QED) is 0.791. The van der Waals surface area contributed by atoms with Gasteiger partial charge in [0.05, 0.1) is 6.61 Å². The number of rotatable bonds is 4. The van der Waals surface area contributed by atoms with Gasteiger partial charge < -0.3 is 14.9 Å². The van der Waals surface area contributed by atoms with Gasteiger partial charge in [-0.2, -0.15) is 0 Å². The summed E-state index contributed by atoms with van der Waals surface area (Å²) in [5.41, 5.74) is 5.70. The fourth-order valence-electron chi connectivity index (χ4n) is 1.69. The zero-order valence-corrected chi connectivity index (χ0v) is 9.53. The van der Waals surface area contributed by atoms with Gasteiger partial charge in [-0.05, 0) is 25.7 Å². The van der Waals surface area contributed by atoms with Crippen LogP contribution in [0.1, 0.15) is 49.0 Å². The van der Waals surface area contributed by atoms with Gasteiger partial charge in [-0.25, -0.2) is 9.78 Å². The Morgan fingerprint density at radius 1 is 1.69 bits per heavy atom. The van der Waals surface area contributed by atoms with Crippen molar-refractivity contribution in [3.05, 3.63) is 11.6 Å². The number of aromatic nitrogens is 1. The van der Waals surface area contributed by atoms with E-state index in [1.54, 1.807) is 6.92 Å². The van der Waals surface area contributed by atoms with Crippen LogP contribution in [0.25, 0.3) is 0 Å². The van der Waals surface area contributed by atoms with Gasteiger partial charge in [0.1, 0.15) is 0 Å². The minimum absolute atomic E-state index is 0.0564. The molecular formula is C11H16N2O3. The molecule has 1 unspecified atom stereocenters. The van der Waals surface area contributed by atoms with Crippen molar-refractivity contribution in [3.8, 4) is 0 Å². The number of hydrogen-bond acceptors (Lipinski definition) is 5. The molecule has 16 heavy (non-hydrogen) atoms. The number of nitrogens with two attached hydrogens (primary N) is 1. The normalized spacial score (nSPS) is 17.1. The largest absolute Gasteiger partial charge is 0.461 e. The van der Waals surface area contributed by atoms with Crippen LogP contribution in [0, 0.1) is 5.92 Å². The van der Waals surface area contributed by atoms with E-state index in [2.05, 4.69) is 4.98 Å². The number of carbonyl (C=O) groups excluding carboxylic acids is 1. The average molecular weight is 224 g/mol. The molecule has 0 aliphatic heterocycles. The Kier molecular flexibility index (Phi) is 2.85. The van der Waals surface area contributed by atoms with Gasteiger partial charge >= 0.3 is 5.97 Å². The molecule has 88 valence electrons. The summed E-state index contributed by atoms with van der Waals surface area (Å²) in [4.78, 5) is 15.6. The van der Waals surface area contributed by atoms with Crippen LogP contribution in [0.3, 0.4) is 0 Å². The zero-order chi connectivity index (χ0) is 11.7. The van der Waals surface area contributed by atoms with Gasteiger partial charge in [0, 0.05) is 5.92 Å². The fourth-order valence-corrected chi connectivity index (χ4v) is 1.69. The molecule has 1 aliphatic carbocycles. The first-order valence-corrected chi connectivity index (χ1v) is 5.56. The monoisotopic (exact) mass is 224 g/mol. The number of oxazole rings is 1. The number of esters is 1. The van der Waals surface area contributed by atoms with Crippen molar-refractivity contribution in [1.82, 2.24) is 4.98 Å². The first-order chi connectivity index (χ1) is 7.63. The molecule has 1 aromatic rings. The highest BCUT2D eigenvalue weighted by molar-refractivity contribution is 5.91. The van der Waals surface area contributed by atoms with E-state index in [9.17, 15) is 4.79 Å². The molecule has 1 heterocycles. The van der Waals surface area contributed by atoms with Crippen LogP contribution >= 0.6 is 0 Å². The first kappa shape index (κ1) is 11.0. The van der Waals surface area contributed by atoms with E-state index in [1.165, 1.54) is 12.8 Å². The highest BCUT2D eigenvalue weighted by Gasteiger charge is 2.33. The molecule has 1 atom stereocenters. The molecule has 0 spiro atoms. The standard InChI is InChI=1S/C11H16N2O3/c1-3-15-11(14)8-9(12)16-10(13-8)6(2)7-4-5-7/h6-7H,3-5,12H2,1-2H3. The number of ether oxygens (including phenoxy) is 1. The van der Waals surface area contributed by atoms with Crippen LogP contribution < -0.4 is 5.73 Å². The third-order valence-corrected chi connectivity index (χ3v) is 2.86. The highest BCUT2D eigenvalue weighted by atomic mass is 16.5. The summed E-state index contributed by atoms with van der Waals surface area (Å²) in [6.07, 6.45) is 2.39. The van der Waals surface area contributed by atoms with Crippen LogP contribution in [-0.2, 0) is 4.74 Å². The summed E-state index contributed by atoms with van der Waals surface area (Å²) >= 11 is 0. The molecule has 1 saturated carbocycles. The van der Waals surface area contributed by atoms with E-state index in [0.29, 0.717) is 18.4 Å². The van der Waals surface area contributed by atoms with Crippen molar-refractivity contribution >= 4 is 11.9 Å². The summed E-state index contributed by atoms with van der Waals surface area (Å²) in [6.45, 7) is 4.08. The molecule has 2 N–H and O–H groups in total. The summed E-state index contributed by atoms with van der Waals surface area (Å²) in [6, 6.07) is 0. The van der Waals surface area contributed by atoms with E-state index < -0.39 is 5.97 Å². The van der Waals surface area contributed by atoms with Gasteiger partial charge in [0.2, 0.25) is 17.5 Å². The van der Waals surface area contributed by atoms with E-state index in [0.717, 1.165) is 0 Å². The molecule has 0 aromatic carbocycles. The van der Waals surface area contributed by atoms with Crippen molar-refractivity contribution in [2.75, 3.05) is 12.3 Å². The maximum atomic E-state index is 11.5. The predicted octanol–water partition coefficient (Wildman–Crippen LogP) is 1.95. The molecule has 2 rings (SSSR count). The summed E-state index contributed by atoms with van der Waals surface area (Å²) in [5, 5.41) is 0. The van der Waals surface area contributed by atoms with Crippen molar-refractivity contribution in [3.63, 3.8) is 0 Å². The van der Waals surface area contributed by atoms with Gasteiger partial charge in [-0.1, -0.05) is 6.92 Å². The lowest BCUT2D eigenvalue weighted by molar-refractivity contribution is 0.0521. The Morgan fingerprint density at radius 3 is 2.94 bits per heavy atom. The minimum Gasteiger partial charge on any atom is -0.461 e. The summed E-state index contributed by atoms with van der Waals surface area (Å²) < 4.78 is 10.1. The lowest BCUT2D eigenvalue weighted by Gasteiger charge is -2.02. The second kappa shape index (κ2) is 4.15. The van der Waals surface area contributed by atoms with Crippen molar-refractivity contribution in [1.29, 1.82) is 0 Å². The molecule has 5 nitrogen and oxygen atoms in total. The van der Waals surface area contributed by atoms with Crippen LogP contribution in [-0.4, -0.2) is 17.6 Å². The lowest BCUT2D eigenvalue weighted by atomic mass is 10.1. The fraction of sp³-hybridized carbons (Fsp3) is 0.636. The Balaban J connectivity index is 2.17. The van der Waals surface area contributed by atoms with E-state index >= 15 is 0 Å². The molecule has 0 bridgehead atoms. The third kappa shape index (κ3) is 2.03. The summed E-state index contributed by atoms with van der Waals surface area (Å²) in [7, 11) is 0. The second-order valence-corrected chi connectivity index (χ2v) is 4.11. The molecule has 5 heteroatoms. The Morgan fingerprint density at radius 2 is 2.38 bits per heavy atom. The minimum atomic E-state index is -0.516. The SMILES string of the molecule is CCOC(=O)c1nc(C(C)C2CC2)oc1N. The van der Waals surface area contributed by atoms with E-state index in [1.807, 2.05) is 6.92 Å². The number of anilines is 1. The van der Waals surface area contributed by atoms with Crippen molar-refractivity contribution in [2.45, 2.75) is 32.6 Å². The van der Waals surface area contributed by atoms with E-state index in [4.69, 9.17) is 14.9 Å². The number of hydrogen-bond donors (Lipinski definition) is 1. The third-order valence-electron chi connectivity index (χ3n) is 2.86. The Hall–Kier alpha value is -1.52. The molecule has 0 radical (unpaired) electrons. The smallest absolute Gasteiger partial charge is 0.362 e. The molecular weight excluding hydrogens is 208 g/mol. The molecule has 1 aromatic heterocycles. The number of carbonyl (C=O) groups is 1. The van der Waals surface area contributed by atoms with E-state index in [-0.39, 0.29) is 17.5 Å². The molecule has 0 saturated heterocycles. The second-order valence-electron chi connectivity index (χ2n) is 4.11.